The summed E-state index contributed by atoms with van der Waals surface area (Å²) in [6.45, 7) is 6.89. The molecule has 3 aromatic heterocycles. The van der Waals surface area contributed by atoms with Crippen molar-refractivity contribution in [3.8, 4) is 0 Å². The molecule has 0 saturated carbocycles. The fraction of sp³-hybridized carbons (Fsp3) is 0.409. The Morgan fingerprint density at radius 2 is 1.97 bits per heavy atom. The van der Waals surface area contributed by atoms with E-state index < -0.39 is 0 Å². The number of anilines is 1. The minimum absolute atomic E-state index is 0.0729. The van der Waals surface area contributed by atoms with E-state index in [2.05, 4.69) is 44.1 Å². The van der Waals surface area contributed by atoms with Gasteiger partial charge in [-0.3, -0.25) is 4.79 Å². The highest BCUT2D eigenvalue weighted by Crippen LogP contribution is 2.25. The van der Waals surface area contributed by atoms with Crippen LogP contribution in [0.3, 0.4) is 0 Å². The summed E-state index contributed by atoms with van der Waals surface area (Å²) in [4.78, 5) is 27.9. The van der Waals surface area contributed by atoms with E-state index in [4.69, 9.17) is 4.74 Å². The summed E-state index contributed by atoms with van der Waals surface area (Å²) in [5.74, 6) is 0.801. The van der Waals surface area contributed by atoms with Crippen LogP contribution in [-0.4, -0.2) is 67.0 Å². The summed E-state index contributed by atoms with van der Waals surface area (Å²) in [7, 11) is 0. The van der Waals surface area contributed by atoms with Gasteiger partial charge in [-0.25, -0.2) is 19.6 Å². The molecule has 4 heterocycles. The number of morpholine rings is 1. The molecule has 0 unspecified atom stereocenters. The molecule has 32 heavy (non-hydrogen) atoms. The van der Waals surface area contributed by atoms with Crippen LogP contribution < -0.4 is 10.2 Å². The molecule has 2 atom stereocenters. The first kappa shape index (κ1) is 20.4. The Bertz CT molecular complexity index is 1240. The lowest BCUT2D eigenvalue weighted by Gasteiger charge is -2.36. The van der Waals surface area contributed by atoms with Crippen molar-refractivity contribution in [2.45, 2.75) is 39.1 Å². The molecule has 0 spiro atoms. The Labute approximate surface area is 185 Å². The predicted molar refractivity (Wildman–Crippen MR) is 120 cm³/mol. The summed E-state index contributed by atoms with van der Waals surface area (Å²) in [6, 6.07) is 7.76. The standard InChI is InChI=1S/C22H26N8O2/c1-15-10-28(11-16(2)32-15)21-17-9-27-30(22(17)25-13-24-21)8-7-23-20(31)12-29-14-26-18-5-3-4-6-19(18)29/h3-6,9,13-16H,7-8,10-12H2,1-2H3,(H,23,31)/t15-,16-/m1/s1. The molecule has 10 heteroatoms. The van der Waals surface area contributed by atoms with E-state index in [1.54, 1.807) is 23.5 Å². The van der Waals surface area contributed by atoms with E-state index in [1.165, 1.54) is 0 Å². The second kappa shape index (κ2) is 8.54. The van der Waals surface area contributed by atoms with Crippen LogP contribution in [0.15, 0.2) is 43.1 Å². The van der Waals surface area contributed by atoms with Crippen LogP contribution in [0.25, 0.3) is 22.1 Å². The molecule has 0 aliphatic carbocycles. The highest BCUT2D eigenvalue weighted by molar-refractivity contribution is 5.86. The molecule has 1 aliphatic rings. The topological polar surface area (TPSA) is 103 Å². The van der Waals surface area contributed by atoms with Gasteiger partial charge in [0.05, 0.1) is 47.7 Å². The summed E-state index contributed by atoms with van der Waals surface area (Å²) in [6.07, 6.45) is 5.35. The maximum absolute atomic E-state index is 12.4. The molecule has 10 nitrogen and oxygen atoms in total. The molecule has 1 N–H and O–H groups in total. The molecule has 166 valence electrons. The number of rotatable bonds is 6. The maximum Gasteiger partial charge on any atom is 0.240 e. The summed E-state index contributed by atoms with van der Waals surface area (Å²) in [5.41, 5.74) is 2.58. The zero-order valence-electron chi connectivity index (χ0n) is 18.2. The van der Waals surface area contributed by atoms with E-state index in [1.807, 2.05) is 28.8 Å². The lowest BCUT2D eigenvalue weighted by atomic mass is 10.2. The molecule has 1 aromatic carbocycles. The predicted octanol–water partition coefficient (Wildman–Crippen LogP) is 1.61. The van der Waals surface area contributed by atoms with Crippen molar-refractivity contribution in [3.05, 3.63) is 43.1 Å². The molecule has 1 fully saturated rings. The Balaban J connectivity index is 1.24. The third-order valence-corrected chi connectivity index (χ3v) is 5.62. The maximum atomic E-state index is 12.4. The number of nitrogens with zero attached hydrogens (tertiary/aromatic N) is 7. The second-order valence-corrected chi connectivity index (χ2v) is 8.18. The van der Waals surface area contributed by atoms with Crippen LogP contribution in [0, 0.1) is 0 Å². The average molecular weight is 435 g/mol. The fourth-order valence-corrected chi connectivity index (χ4v) is 4.30. The second-order valence-electron chi connectivity index (χ2n) is 8.18. The van der Waals surface area contributed by atoms with E-state index >= 15 is 0 Å². The monoisotopic (exact) mass is 434 g/mol. The van der Waals surface area contributed by atoms with Crippen molar-refractivity contribution in [2.75, 3.05) is 24.5 Å². The number of imidazole rings is 1. The van der Waals surface area contributed by atoms with Gasteiger partial charge in [-0.05, 0) is 26.0 Å². The van der Waals surface area contributed by atoms with Gasteiger partial charge in [0.1, 0.15) is 18.7 Å². The molecule has 1 saturated heterocycles. The Morgan fingerprint density at radius 1 is 1.16 bits per heavy atom. The molecule has 5 rings (SSSR count). The lowest BCUT2D eigenvalue weighted by Crippen LogP contribution is -2.45. The van der Waals surface area contributed by atoms with Crippen LogP contribution in [0.2, 0.25) is 0 Å². The van der Waals surface area contributed by atoms with Gasteiger partial charge in [0, 0.05) is 19.6 Å². The number of hydrogen-bond donors (Lipinski definition) is 1. The van der Waals surface area contributed by atoms with Crippen LogP contribution in [0.1, 0.15) is 13.8 Å². The number of fused-ring (bicyclic) bond motifs is 2. The van der Waals surface area contributed by atoms with Gasteiger partial charge in [-0.1, -0.05) is 12.1 Å². The van der Waals surface area contributed by atoms with Crippen LogP contribution in [0.5, 0.6) is 0 Å². The normalized spacial score (nSPS) is 19.0. The first-order valence-corrected chi connectivity index (χ1v) is 10.8. The van der Waals surface area contributed by atoms with Crippen molar-refractivity contribution in [3.63, 3.8) is 0 Å². The largest absolute Gasteiger partial charge is 0.372 e. The molecular weight excluding hydrogens is 408 g/mol. The van der Waals surface area contributed by atoms with Crippen LogP contribution >= 0.6 is 0 Å². The quantitative estimate of drug-likeness (QED) is 0.492. The van der Waals surface area contributed by atoms with Gasteiger partial charge in [0.15, 0.2) is 5.65 Å². The summed E-state index contributed by atoms with van der Waals surface area (Å²) < 4.78 is 9.49. The van der Waals surface area contributed by atoms with Crippen molar-refractivity contribution in [2.24, 2.45) is 0 Å². The van der Waals surface area contributed by atoms with Gasteiger partial charge < -0.3 is 19.5 Å². The molecule has 0 bridgehead atoms. The molecule has 4 aromatic rings. The number of benzene rings is 1. The van der Waals surface area contributed by atoms with Gasteiger partial charge in [-0.2, -0.15) is 5.10 Å². The number of nitrogens with one attached hydrogen (secondary N) is 1. The number of amides is 1. The zero-order chi connectivity index (χ0) is 22.1. The summed E-state index contributed by atoms with van der Waals surface area (Å²) in [5, 5.41) is 8.36. The van der Waals surface area contributed by atoms with Crippen molar-refractivity contribution < 1.29 is 9.53 Å². The number of aromatic nitrogens is 6. The van der Waals surface area contributed by atoms with Gasteiger partial charge in [0.2, 0.25) is 5.91 Å². The van der Waals surface area contributed by atoms with Gasteiger partial charge in [-0.15, -0.1) is 0 Å². The Morgan fingerprint density at radius 3 is 2.81 bits per heavy atom. The third kappa shape index (κ3) is 4.01. The minimum Gasteiger partial charge on any atom is -0.372 e. The molecule has 1 amide bonds. The Hall–Kier alpha value is -3.53. The number of carbonyl (C=O) groups excluding carboxylic acids is 1. The number of carbonyl (C=O) groups is 1. The van der Waals surface area contributed by atoms with Crippen molar-refractivity contribution in [1.29, 1.82) is 0 Å². The minimum atomic E-state index is -0.0729. The smallest absolute Gasteiger partial charge is 0.240 e. The number of para-hydroxylation sites is 2. The van der Waals surface area contributed by atoms with E-state index in [0.717, 1.165) is 41.0 Å². The molecule has 0 radical (unpaired) electrons. The van der Waals surface area contributed by atoms with Gasteiger partial charge >= 0.3 is 0 Å². The van der Waals surface area contributed by atoms with Crippen LogP contribution in [0.4, 0.5) is 5.82 Å². The van der Waals surface area contributed by atoms with E-state index in [0.29, 0.717) is 13.1 Å². The first-order valence-electron chi connectivity index (χ1n) is 10.8. The SMILES string of the molecule is C[C@@H]1CN(c2ncnc3c2cnn3CCNC(=O)Cn2cnc3ccccc32)C[C@@H](C)O1. The third-order valence-electron chi connectivity index (χ3n) is 5.62. The Kier molecular flexibility index (Phi) is 5.44. The van der Waals surface area contributed by atoms with Crippen molar-refractivity contribution in [1.82, 2.24) is 34.6 Å². The zero-order valence-corrected chi connectivity index (χ0v) is 18.2. The van der Waals surface area contributed by atoms with E-state index in [9.17, 15) is 4.79 Å². The fourth-order valence-electron chi connectivity index (χ4n) is 4.30. The lowest BCUT2D eigenvalue weighted by molar-refractivity contribution is -0.121. The number of ether oxygens (including phenoxy) is 1. The van der Waals surface area contributed by atoms with Crippen molar-refractivity contribution >= 4 is 33.8 Å². The van der Waals surface area contributed by atoms with Gasteiger partial charge in [0.25, 0.3) is 0 Å². The molecule has 1 aliphatic heterocycles. The molecular formula is C22H26N8O2. The number of hydrogen-bond acceptors (Lipinski definition) is 7. The average Bonchev–Trinajstić information content (AvgIpc) is 3.37. The first-order chi connectivity index (χ1) is 15.6. The van der Waals surface area contributed by atoms with Crippen LogP contribution in [-0.2, 0) is 22.6 Å². The summed E-state index contributed by atoms with van der Waals surface area (Å²) >= 11 is 0. The highest BCUT2D eigenvalue weighted by Gasteiger charge is 2.25. The van der Waals surface area contributed by atoms with E-state index in [-0.39, 0.29) is 24.7 Å². The highest BCUT2D eigenvalue weighted by atomic mass is 16.5.